The van der Waals surface area contributed by atoms with E-state index in [1.165, 1.54) is 12.1 Å². The van der Waals surface area contributed by atoms with E-state index in [2.05, 4.69) is 10.5 Å². The van der Waals surface area contributed by atoms with Crippen LogP contribution < -0.4 is 5.43 Å². The molecule has 0 heterocycles. The molecule has 4 nitrogen and oxygen atoms in total. The number of rotatable bonds is 4. The quantitative estimate of drug-likeness (QED) is 0.590. The van der Waals surface area contributed by atoms with E-state index in [0.717, 1.165) is 5.56 Å². The maximum absolute atomic E-state index is 9.76. The number of halogens is 2. The van der Waals surface area contributed by atoms with Gasteiger partial charge in [0.05, 0.1) is 12.3 Å². The van der Waals surface area contributed by atoms with Crippen molar-refractivity contribution in [3.05, 3.63) is 57.6 Å². The molecular formula is C15H14Cl2N2O2. The first-order valence-electron chi connectivity index (χ1n) is 6.21. The zero-order chi connectivity index (χ0) is 15.4. The second-order valence-corrected chi connectivity index (χ2v) is 5.25. The van der Waals surface area contributed by atoms with Crippen molar-refractivity contribution in [2.24, 2.45) is 5.10 Å². The Hall–Kier alpha value is -1.91. The highest BCUT2D eigenvalue weighted by Gasteiger charge is 2.07. The molecule has 0 aliphatic heterocycles. The highest BCUT2D eigenvalue weighted by atomic mass is 35.5. The molecule has 0 saturated carbocycles. The molecule has 0 aliphatic carbocycles. The average Bonchev–Trinajstić information content (AvgIpc) is 2.42. The molecule has 110 valence electrons. The van der Waals surface area contributed by atoms with Gasteiger partial charge >= 0.3 is 0 Å². The molecule has 0 fully saturated rings. The summed E-state index contributed by atoms with van der Waals surface area (Å²) in [5, 5.41) is 24.3. The molecule has 0 atom stereocenters. The Kier molecular flexibility index (Phi) is 4.94. The summed E-state index contributed by atoms with van der Waals surface area (Å²) < 4.78 is 0. The van der Waals surface area contributed by atoms with Crippen molar-refractivity contribution in [1.29, 1.82) is 0 Å². The molecular weight excluding hydrogens is 311 g/mol. The van der Waals surface area contributed by atoms with Gasteiger partial charge in [-0.25, -0.2) is 0 Å². The third-order valence-electron chi connectivity index (χ3n) is 2.94. The van der Waals surface area contributed by atoms with Crippen LogP contribution in [0.25, 0.3) is 0 Å². The Balaban J connectivity index is 2.11. The molecule has 2 aromatic rings. The Morgan fingerprint density at radius 3 is 2.43 bits per heavy atom. The molecule has 21 heavy (non-hydrogen) atoms. The molecule has 0 aromatic heterocycles. The normalized spacial score (nSPS) is 11.5. The number of phenolic OH excluding ortho intramolecular Hbond substituents is 2. The number of nitrogens with zero attached hydrogens (tertiary/aromatic N) is 1. The lowest BCUT2D eigenvalue weighted by atomic mass is 10.1. The molecule has 0 unspecified atom stereocenters. The summed E-state index contributed by atoms with van der Waals surface area (Å²) in [7, 11) is 0. The van der Waals surface area contributed by atoms with Gasteiger partial charge in [0, 0.05) is 27.2 Å². The van der Waals surface area contributed by atoms with E-state index in [4.69, 9.17) is 23.2 Å². The van der Waals surface area contributed by atoms with Crippen molar-refractivity contribution in [1.82, 2.24) is 5.43 Å². The first-order valence-corrected chi connectivity index (χ1v) is 6.97. The van der Waals surface area contributed by atoms with E-state index >= 15 is 0 Å². The molecule has 0 aliphatic rings. The van der Waals surface area contributed by atoms with Crippen LogP contribution in [0.2, 0.25) is 10.0 Å². The van der Waals surface area contributed by atoms with Crippen LogP contribution in [0.3, 0.4) is 0 Å². The SMILES string of the molecule is C/C(=N/NCc1c(Cl)cccc1Cl)c1ccc(O)cc1O. The molecule has 3 N–H and O–H groups in total. The fourth-order valence-corrected chi connectivity index (χ4v) is 2.36. The molecule has 2 rings (SSSR count). The van der Waals surface area contributed by atoms with E-state index in [1.807, 2.05) is 0 Å². The number of benzene rings is 2. The molecule has 2 aromatic carbocycles. The number of aromatic hydroxyl groups is 2. The summed E-state index contributed by atoms with van der Waals surface area (Å²) >= 11 is 12.1. The number of hydrogen-bond donors (Lipinski definition) is 3. The average molecular weight is 325 g/mol. The van der Waals surface area contributed by atoms with Gasteiger partial charge in [0.1, 0.15) is 11.5 Å². The Morgan fingerprint density at radius 1 is 1.14 bits per heavy atom. The predicted octanol–water partition coefficient (Wildman–Crippen LogP) is 3.92. The van der Waals surface area contributed by atoms with Gasteiger partial charge in [0.25, 0.3) is 0 Å². The molecule has 0 amide bonds. The smallest absolute Gasteiger partial charge is 0.128 e. The van der Waals surface area contributed by atoms with Gasteiger partial charge in [-0.3, -0.25) is 0 Å². The van der Waals surface area contributed by atoms with Crippen molar-refractivity contribution in [2.75, 3.05) is 0 Å². The Morgan fingerprint density at radius 2 is 1.81 bits per heavy atom. The number of hydrazone groups is 1. The molecule has 6 heteroatoms. The minimum atomic E-state index is -0.0335. The Bertz CT molecular complexity index is 667. The van der Waals surface area contributed by atoms with E-state index in [-0.39, 0.29) is 11.5 Å². The summed E-state index contributed by atoms with van der Waals surface area (Å²) in [5.74, 6) is -0.0336. The van der Waals surface area contributed by atoms with Crippen LogP contribution in [-0.4, -0.2) is 15.9 Å². The van der Waals surface area contributed by atoms with Gasteiger partial charge in [-0.15, -0.1) is 0 Å². The summed E-state index contributed by atoms with van der Waals surface area (Å²) in [6.45, 7) is 2.11. The highest BCUT2D eigenvalue weighted by Crippen LogP contribution is 2.25. The van der Waals surface area contributed by atoms with Gasteiger partial charge in [-0.2, -0.15) is 5.10 Å². The van der Waals surface area contributed by atoms with Gasteiger partial charge in [0.15, 0.2) is 0 Å². The van der Waals surface area contributed by atoms with Crippen LogP contribution in [0, 0.1) is 0 Å². The van der Waals surface area contributed by atoms with Crippen molar-refractivity contribution in [3.63, 3.8) is 0 Å². The number of nitrogens with one attached hydrogen (secondary N) is 1. The molecule has 0 radical (unpaired) electrons. The van der Waals surface area contributed by atoms with E-state index < -0.39 is 0 Å². The molecule has 0 bridgehead atoms. The predicted molar refractivity (Wildman–Crippen MR) is 85.3 cm³/mol. The van der Waals surface area contributed by atoms with Crippen molar-refractivity contribution in [2.45, 2.75) is 13.5 Å². The first-order chi connectivity index (χ1) is 9.99. The van der Waals surface area contributed by atoms with Gasteiger partial charge in [-0.1, -0.05) is 29.3 Å². The second kappa shape index (κ2) is 6.70. The third kappa shape index (κ3) is 3.80. The maximum atomic E-state index is 9.76. The monoisotopic (exact) mass is 324 g/mol. The lowest BCUT2D eigenvalue weighted by Gasteiger charge is -2.08. The van der Waals surface area contributed by atoms with E-state index in [9.17, 15) is 10.2 Å². The summed E-state index contributed by atoms with van der Waals surface area (Å²) in [6, 6.07) is 9.63. The molecule has 0 spiro atoms. The van der Waals surface area contributed by atoms with Gasteiger partial charge in [-0.05, 0) is 31.2 Å². The topological polar surface area (TPSA) is 64.9 Å². The lowest BCUT2D eigenvalue weighted by Crippen LogP contribution is -2.10. The zero-order valence-electron chi connectivity index (χ0n) is 11.3. The van der Waals surface area contributed by atoms with E-state index in [1.54, 1.807) is 31.2 Å². The largest absolute Gasteiger partial charge is 0.508 e. The maximum Gasteiger partial charge on any atom is 0.128 e. The number of phenols is 2. The van der Waals surface area contributed by atoms with Crippen LogP contribution in [-0.2, 0) is 6.54 Å². The van der Waals surface area contributed by atoms with Gasteiger partial charge < -0.3 is 15.6 Å². The third-order valence-corrected chi connectivity index (χ3v) is 3.64. The van der Waals surface area contributed by atoms with Crippen molar-refractivity contribution < 1.29 is 10.2 Å². The molecule has 0 saturated heterocycles. The summed E-state index contributed by atoms with van der Waals surface area (Å²) in [5.41, 5.74) is 4.74. The zero-order valence-corrected chi connectivity index (χ0v) is 12.8. The minimum Gasteiger partial charge on any atom is -0.508 e. The minimum absolute atomic E-state index is 0.000131. The highest BCUT2D eigenvalue weighted by molar-refractivity contribution is 6.35. The summed E-state index contributed by atoms with van der Waals surface area (Å²) in [4.78, 5) is 0. The van der Waals surface area contributed by atoms with Gasteiger partial charge in [0.2, 0.25) is 0 Å². The first kappa shape index (κ1) is 15.5. The second-order valence-electron chi connectivity index (χ2n) is 4.43. The van der Waals surface area contributed by atoms with E-state index in [0.29, 0.717) is 27.9 Å². The van der Waals surface area contributed by atoms with Crippen LogP contribution in [0.1, 0.15) is 18.1 Å². The van der Waals surface area contributed by atoms with Crippen LogP contribution in [0.15, 0.2) is 41.5 Å². The fourth-order valence-electron chi connectivity index (χ4n) is 1.82. The lowest BCUT2D eigenvalue weighted by molar-refractivity contribution is 0.450. The Labute approximate surface area is 132 Å². The van der Waals surface area contributed by atoms with Crippen molar-refractivity contribution >= 4 is 28.9 Å². The van der Waals surface area contributed by atoms with Crippen LogP contribution >= 0.6 is 23.2 Å². The van der Waals surface area contributed by atoms with Crippen LogP contribution in [0.5, 0.6) is 11.5 Å². The van der Waals surface area contributed by atoms with Crippen LogP contribution in [0.4, 0.5) is 0 Å². The fraction of sp³-hybridized carbons (Fsp3) is 0.133. The van der Waals surface area contributed by atoms with Crippen molar-refractivity contribution in [3.8, 4) is 11.5 Å². The number of hydrogen-bond acceptors (Lipinski definition) is 4. The standard InChI is InChI=1S/C15H14Cl2N2O2/c1-9(11-6-5-10(20)7-15(11)21)19-18-8-12-13(16)3-2-4-14(12)17/h2-7,18,20-21H,8H2,1H3/b19-9-. The summed E-state index contributed by atoms with van der Waals surface area (Å²) in [6.07, 6.45) is 0.